The standard InChI is InChI=1S/C22H28FN3O3/c1-24-21(26-14-22(8-9-22)16-6-5-7-17(23)11-16)25-13-15-10-19(28-3)20(29-4)12-18(15)27-2/h5-7,10-12H,8-9,13-14H2,1-4H3,(H2,24,25,26). The zero-order chi connectivity index (χ0) is 20.9. The van der Waals surface area contributed by atoms with Gasteiger partial charge in [0, 0.05) is 37.2 Å². The Hall–Kier alpha value is -2.96. The highest BCUT2D eigenvalue weighted by Crippen LogP contribution is 2.47. The lowest BCUT2D eigenvalue weighted by Gasteiger charge is -2.20. The van der Waals surface area contributed by atoms with Crippen LogP contribution in [0.15, 0.2) is 41.4 Å². The van der Waals surface area contributed by atoms with Crippen molar-refractivity contribution < 1.29 is 18.6 Å². The van der Waals surface area contributed by atoms with Crippen LogP contribution in [0.25, 0.3) is 0 Å². The molecule has 0 heterocycles. The number of guanidine groups is 1. The van der Waals surface area contributed by atoms with E-state index in [1.54, 1.807) is 46.6 Å². The number of nitrogens with one attached hydrogen (secondary N) is 2. The van der Waals surface area contributed by atoms with Crippen LogP contribution in [0.2, 0.25) is 0 Å². The second-order valence-electron chi connectivity index (χ2n) is 7.09. The second-order valence-corrected chi connectivity index (χ2v) is 7.09. The van der Waals surface area contributed by atoms with Crippen molar-refractivity contribution in [1.29, 1.82) is 0 Å². The number of methoxy groups -OCH3 is 3. The van der Waals surface area contributed by atoms with Gasteiger partial charge < -0.3 is 24.8 Å². The monoisotopic (exact) mass is 401 g/mol. The van der Waals surface area contributed by atoms with E-state index >= 15 is 0 Å². The Morgan fingerprint density at radius 3 is 2.28 bits per heavy atom. The van der Waals surface area contributed by atoms with Gasteiger partial charge in [-0.05, 0) is 36.6 Å². The number of halogens is 1. The molecule has 1 aliphatic rings. The third-order valence-electron chi connectivity index (χ3n) is 5.34. The van der Waals surface area contributed by atoms with E-state index in [-0.39, 0.29) is 11.2 Å². The molecule has 0 radical (unpaired) electrons. The summed E-state index contributed by atoms with van der Waals surface area (Å²) in [5.41, 5.74) is 1.92. The Balaban J connectivity index is 1.64. The highest BCUT2D eigenvalue weighted by atomic mass is 19.1. The number of hydrogen-bond donors (Lipinski definition) is 2. The quantitative estimate of drug-likeness (QED) is 0.525. The first-order valence-electron chi connectivity index (χ1n) is 9.54. The average Bonchev–Trinajstić information content (AvgIpc) is 3.54. The van der Waals surface area contributed by atoms with Crippen LogP contribution in [0.4, 0.5) is 4.39 Å². The van der Waals surface area contributed by atoms with Gasteiger partial charge in [0.2, 0.25) is 0 Å². The van der Waals surface area contributed by atoms with Crippen molar-refractivity contribution in [2.75, 3.05) is 34.9 Å². The summed E-state index contributed by atoms with van der Waals surface area (Å²) < 4.78 is 29.8. The Kier molecular flexibility index (Phi) is 6.46. The SMILES string of the molecule is CN=C(NCc1cc(OC)c(OC)cc1OC)NCC1(c2cccc(F)c2)CC1. The molecule has 156 valence electrons. The largest absolute Gasteiger partial charge is 0.496 e. The van der Waals surface area contributed by atoms with Crippen LogP contribution in [0.3, 0.4) is 0 Å². The van der Waals surface area contributed by atoms with Crippen molar-refractivity contribution in [3.05, 3.63) is 53.3 Å². The molecule has 0 unspecified atom stereocenters. The maximum Gasteiger partial charge on any atom is 0.191 e. The van der Waals surface area contributed by atoms with Gasteiger partial charge in [-0.25, -0.2) is 4.39 Å². The van der Waals surface area contributed by atoms with Crippen molar-refractivity contribution >= 4 is 5.96 Å². The Labute approximate surface area is 171 Å². The molecular weight excluding hydrogens is 373 g/mol. The van der Waals surface area contributed by atoms with Gasteiger partial charge in [-0.3, -0.25) is 4.99 Å². The third kappa shape index (κ3) is 4.72. The van der Waals surface area contributed by atoms with Crippen LogP contribution in [0.1, 0.15) is 24.0 Å². The number of ether oxygens (including phenoxy) is 3. The predicted octanol–water partition coefficient (Wildman–Crippen LogP) is 3.25. The minimum Gasteiger partial charge on any atom is -0.496 e. The molecule has 1 saturated carbocycles. The van der Waals surface area contributed by atoms with E-state index in [4.69, 9.17) is 14.2 Å². The number of hydrogen-bond acceptors (Lipinski definition) is 4. The van der Waals surface area contributed by atoms with Gasteiger partial charge in [0.15, 0.2) is 17.5 Å². The first kappa shape index (κ1) is 20.8. The number of rotatable bonds is 8. The van der Waals surface area contributed by atoms with E-state index in [0.717, 1.165) is 24.0 Å². The fourth-order valence-corrected chi connectivity index (χ4v) is 3.42. The molecule has 0 bridgehead atoms. The van der Waals surface area contributed by atoms with Gasteiger partial charge in [-0.1, -0.05) is 12.1 Å². The summed E-state index contributed by atoms with van der Waals surface area (Å²) in [5, 5.41) is 6.67. The van der Waals surface area contributed by atoms with E-state index in [0.29, 0.717) is 36.3 Å². The topological polar surface area (TPSA) is 64.1 Å². The summed E-state index contributed by atoms with van der Waals surface area (Å²) >= 11 is 0. The van der Waals surface area contributed by atoms with E-state index in [1.165, 1.54) is 6.07 Å². The van der Waals surface area contributed by atoms with Gasteiger partial charge in [0.05, 0.1) is 21.3 Å². The van der Waals surface area contributed by atoms with Gasteiger partial charge in [0.25, 0.3) is 0 Å². The van der Waals surface area contributed by atoms with Gasteiger partial charge in [0.1, 0.15) is 11.6 Å². The summed E-state index contributed by atoms with van der Waals surface area (Å²) in [7, 11) is 6.54. The molecule has 1 aliphatic carbocycles. The molecule has 7 heteroatoms. The number of nitrogens with zero attached hydrogens (tertiary/aromatic N) is 1. The number of benzene rings is 2. The molecule has 0 aromatic heterocycles. The molecule has 0 atom stereocenters. The molecule has 0 spiro atoms. The van der Waals surface area contributed by atoms with Crippen LogP contribution < -0.4 is 24.8 Å². The van der Waals surface area contributed by atoms with Crippen LogP contribution in [0.5, 0.6) is 17.2 Å². The normalized spacial score (nSPS) is 14.9. The minimum atomic E-state index is -0.197. The molecular formula is C22H28FN3O3. The van der Waals surface area contributed by atoms with Crippen molar-refractivity contribution in [3.63, 3.8) is 0 Å². The minimum absolute atomic E-state index is 0.0270. The van der Waals surface area contributed by atoms with Crippen LogP contribution in [-0.4, -0.2) is 40.9 Å². The first-order valence-corrected chi connectivity index (χ1v) is 9.54. The van der Waals surface area contributed by atoms with Gasteiger partial charge >= 0.3 is 0 Å². The average molecular weight is 401 g/mol. The highest BCUT2D eigenvalue weighted by Gasteiger charge is 2.44. The third-order valence-corrected chi connectivity index (χ3v) is 5.34. The predicted molar refractivity (Wildman–Crippen MR) is 112 cm³/mol. The fraction of sp³-hybridized carbons (Fsp3) is 0.409. The lowest BCUT2D eigenvalue weighted by atomic mass is 9.96. The molecule has 1 fully saturated rings. The highest BCUT2D eigenvalue weighted by molar-refractivity contribution is 5.80. The molecule has 6 nitrogen and oxygen atoms in total. The summed E-state index contributed by atoms with van der Waals surface area (Å²) in [6, 6.07) is 10.5. The Morgan fingerprint density at radius 1 is 1.00 bits per heavy atom. The van der Waals surface area contributed by atoms with E-state index in [9.17, 15) is 4.39 Å². The molecule has 2 N–H and O–H groups in total. The molecule has 29 heavy (non-hydrogen) atoms. The van der Waals surface area contributed by atoms with Gasteiger partial charge in [-0.2, -0.15) is 0 Å². The molecule has 0 saturated heterocycles. The molecule has 0 amide bonds. The van der Waals surface area contributed by atoms with E-state index in [1.807, 2.05) is 12.1 Å². The van der Waals surface area contributed by atoms with Gasteiger partial charge in [-0.15, -0.1) is 0 Å². The summed E-state index contributed by atoms with van der Waals surface area (Å²) in [4.78, 5) is 4.30. The zero-order valence-electron chi connectivity index (χ0n) is 17.3. The number of aliphatic imine (C=N–C) groups is 1. The summed E-state index contributed by atoms with van der Waals surface area (Å²) in [6.45, 7) is 1.19. The Morgan fingerprint density at radius 2 is 1.69 bits per heavy atom. The van der Waals surface area contributed by atoms with Crippen molar-refractivity contribution in [3.8, 4) is 17.2 Å². The second kappa shape index (κ2) is 9.03. The Bertz CT molecular complexity index is 882. The van der Waals surface area contributed by atoms with Crippen LogP contribution in [-0.2, 0) is 12.0 Å². The zero-order valence-corrected chi connectivity index (χ0v) is 17.3. The molecule has 2 aromatic carbocycles. The summed E-state index contributed by atoms with van der Waals surface area (Å²) in [5.74, 6) is 2.42. The maximum atomic E-state index is 13.6. The van der Waals surface area contributed by atoms with E-state index < -0.39 is 0 Å². The first-order chi connectivity index (χ1) is 14.0. The lowest BCUT2D eigenvalue weighted by molar-refractivity contribution is 0.347. The molecule has 2 aromatic rings. The molecule has 3 rings (SSSR count). The van der Waals surface area contributed by atoms with E-state index in [2.05, 4.69) is 15.6 Å². The van der Waals surface area contributed by atoms with Crippen LogP contribution in [0, 0.1) is 5.82 Å². The lowest BCUT2D eigenvalue weighted by Crippen LogP contribution is -2.41. The van der Waals surface area contributed by atoms with Crippen molar-refractivity contribution in [2.45, 2.75) is 24.8 Å². The fourth-order valence-electron chi connectivity index (χ4n) is 3.42. The molecule has 0 aliphatic heterocycles. The maximum absolute atomic E-state index is 13.6. The van der Waals surface area contributed by atoms with Crippen LogP contribution >= 0.6 is 0 Å². The van der Waals surface area contributed by atoms with Crippen molar-refractivity contribution in [1.82, 2.24) is 10.6 Å². The summed E-state index contributed by atoms with van der Waals surface area (Å²) in [6.07, 6.45) is 2.06. The van der Waals surface area contributed by atoms with Crippen molar-refractivity contribution in [2.24, 2.45) is 4.99 Å². The smallest absolute Gasteiger partial charge is 0.191 e.